The van der Waals surface area contributed by atoms with E-state index in [1.54, 1.807) is 24.4 Å². The number of phenols is 1. The maximum Gasteiger partial charge on any atom is 0.165 e. The number of hydrogen-bond acceptors (Lipinski definition) is 3. The largest absolute Gasteiger partial charge is 0.505 e. The van der Waals surface area contributed by atoms with E-state index in [4.69, 9.17) is 11.6 Å². The highest BCUT2D eigenvalue weighted by molar-refractivity contribution is 6.35. The number of pyridine rings is 1. The van der Waals surface area contributed by atoms with Gasteiger partial charge in [-0.2, -0.15) is 0 Å². The summed E-state index contributed by atoms with van der Waals surface area (Å²) in [5.41, 5.74) is 1.99. The van der Waals surface area contributed by atoms with Crippen molar-refractivity contribution in [2.75, 3.05) is 5.32 Å². The summed E-state index contributed by atoms with van der Waals surface area (Å²) >= 11 is 6.13. The first kappa shape index (κ1) is 13.6. The van der Waals surface area contributed by atoms with Crippen LogP contribution in [-0.2, 0) is 6.54 Å². The molecule has 0 amide bonds. The lowest BCUT2D eigenvalue weighted by Gasteiger charge is -2.11. The summed E-state index contributed by atoms with van der Waals surface area (Å²) in [6.45, 7) is 0.289. The summed E-state index contributed by atoms with van der Waals surface area (Å²) < 4.78 is 13.3. The van der Waals surface area contributed by atoms with Crippen molar-refractivity contribution in [1.82, 2.24) is 4.98 Å². The fraction of sp³-hybridized carbons (Fsp3) is 0.0625. The molecule has 106 valence electrons. The molecule has 1 aromatic heterocycles. The first-order chi connectivity index (χ1) is 10.2. The van der Waals surface area contributed by atoms with Gasteiger partial charge in [0, 0.05) is 23.7 Å². The molecule has 0 spiro atoms. The number of hydrogen-bond donors (Lipinski definition) is 2. The lowest BCUT2D eigenvalue weighted by Crippen LogP contribution is -2.01. The number of halogens is 2. The molecule has 21 heavy (non-hydrogen) atoms. The van der Waals surface area contributed by atoms with Gasteiger partial charge in [0.1, 0.15) is 0 Å². The quantitative estimate of drug-likeness (QED) is 0.756. The number of anilines is 1. The predicted octanol–water partition coefficient (Wildman–Crippen LogP) is 4.35. The fourth-order valence-corrected chi connectivity index (χ4v) is 2.39. The first-order valence-corrected chi connectivity index (χ1v) is 6.78. The van der Waals surface area contributed by atoms with E-state index in [1.165, 1.54) is 6.07 Å². The molecule has 2 aromatic carbocycles. The minimum absolute atomic E-state index is 0.289. The van der Waals surface area contributed by atoms with Gasteiger partial charge in [0.25, 0.3) is 0 Å². The molecule has 0 atom stereocenters. The van der Waals surface area contributed by atoms with Gasteiger partial charge in [0.15, 0.2) is 11.6 Å². The van der Waals surface area contributed by atoms with Gasteiger partial charge < -0.3 is 10.4 Å². The normalized spacial score (nSPS) is 10.8. The Bertz CT molecular complexity index is 807. The summed E-state index contributed by atoms with van der Waals surface area (Å²) in [6, 6.07) is 11.7. The van der Waals surface area contributed by atoms with E-state index in [0.29, 0.717) is 10.6 Å². The Kier molecular flexibility index (Phi) is 3.62. The zero-order valence-electron chi connectivity index (χ0n) is 11.0. The molecule has 0 aliphatic heterocycles. The van der Waals surface area contributed by atoms with Crippen LogP contribution in [0.25, 0.3) is 10.9 Å². The highest BCUT2D eigenvalue weighted by Gasteiger charge is 2.08. The Labute approximate surface area is 126 Å². The van der Waals surface area contributed by atoms with Gasteiger partial charge in [-0.05, 0) is 30.3 Å². The number of aromatic hydroxyl groups is 1. The monoisotopic (exact) mass is 302 g/mol. The molecule has 3 rings (SSSR count). The molecule has 0 unspecified atom stereocenters. The standard InChI is InChI=1S/C16H12ClFN2O/c17-12-6-7-14(15-11(12)4-2-8-19-15)20-9-10-3-1-5-13(18)16(10)21/h1-8,20-21H,9H2. The average molecular weight is 303 g/mol. The lowest BCUT2D eigenvalue weighted by molar-refractivity contribution is 0.427. The number of aromatic nitrogens is 1. The number of rotatable bonds is 3. The van der Waals surface area contributed by atoms with Gasteiger partial charge in [-0.15, -0.1) is 0 Å². The lowest BCUT2D eigenvalue weighted by atomic mass is 10.1. The third-order valence-corrected chi connectivity index (χ3v) is 3.59. The minimum Gasteiger partial charge on any atom is -0.505 e. The topological polar surface area (TPSA) is 45.1 Å². The van der Waals surface area contributed by atoms with Crippen LogP contribution in [0.3, 0.4) is 0 Å². The second-order valence-electron chi connectivity index (χ2n) is 4.60. The van der Waals surface area contributed by atoms with Crippen LogP contribution in [0.1, 0.15) is 5.56 Å². The summed E-state index contributed by atoms with van der Waals surface area (Å²) in [5.74, 6) is -0.968. The molecule has 1 heterocycles. The number of nitrogens with zero attached hydrogens (tertiary/aromatic N) is 1. The molecule has 0 saturated carbocycles. The van der Waals surface area contributed by atoms with Gasteiger partial charge in [0.05, 0.1) is 16.2 Å². The zero-order valence-corrected chi connectivity index (χ0v) is 11.7. The van der Waals surface area contributed by atoms with Gasteiger partial charge in [-0.1, -0.05) is 23.7 Å². The molecule has 0 aliphatic rings. The molecular formula is C16H12ClFN2O. The van der Waals surface area contributed by atoms with Gasteiger partial charge in [-0.3, -0.25) is 4.98 Å². The Morgan fingerprint density at radius 1 is 1.14 bits per heavy atom. The number of para-hydroxylation sites is 1. The van der Waals surface area contributed by atoms with Crippen LogP contribution in [0.2, 0.25) is 5.02 Å². The van der Waals surface area contributed by atoms with Crippen LogP contribution in [0, 0.1) is 5.82 Å². The van der Waals surface area contributed by atoms with Crippen molar-refractivity contribution in [3.05, 3.63) is 65.1 Å². The van der Waals surface area contributed by atoms with Crippen molar-refractivity contribution < 1.29 is 9.50 Å². The van der Waals surface area contributed by atoms with Crippen molar-refractivity contribution in [1.29, 1.82) is 0 Å². The van der Waals surface area contributed by atoms with Crippen molar-refractivity contribution >= 4 is 28.2 Å². The zero-order chi connectivity index (χ0) is 14.8. The molecule has 0 aliphatic carbocycles. The second kappa shape index (κ2) is 5.58. The van der Waals surface area contributed by atoms with Crippen molar-refractivity contribution in [3.8, 4) is 5.75 Å². The van der Waals surface area contributed by atoms with Crippen molar-refractivity contribution in [2.24, 2.45) is 0 Å². The van der Waals surface area contributed by atoms with Crippen LogP contribution in [0.4, 0.5) is 10.1 Å². The molecule has 0 bridgehead atoms. The van der Waals surface area contributed by atoms with Crippen LogP contribution >= 0.6 is 11.6 Å². The first-order valence-electron chi connectivity index (χ1n) is 6.40. The highest BCUT2D eigenvalue weighted by atomic mass is 35.5. The maximum absolute atomic E-state index is 13.3. The minimum atomic E-state index is -0.631. The number of nitrogens with one attached hydrogen (secondary N) is 1. The molecule has 2 N–H and O–H groups in total. The Hall–Kier alpha value is -2.33. The molecule has 0 saturated heterocycles. The number of phenolic OH excluding ortho intramolecular Hbond substituents is 1. The van der Waals surface area contributed by atoms with Crippen LogP contribution in [-0.4, -0.2) is 10.1 Å². The second-order valence-corrected chi connectivity index (χ2v) is 5.00. The molecular weight excluding hydrogens is 291 g/mol. The summed E-state index contributed by atoms with van der Waals surface area (Å²) in [5, 5.41) is 14.3. The Morgan fingerprint density at radius 3 is 2.86 bits per heavy atom. The van der Waals surface area contributed by atoms with Crippen molar-refractivity contribution in [3.63, 3.8) is 0 Å². The van der Waals surface area contributed by atoms with E-state index in [0.717, 1.165) is 16.6 Å². The SMILES string of the molecule is Oc1c(F)cccc1CNc1ccc(Cl)c2cccnc12. The summed E-state index contributed by atoms with van der Waals surface area (Å²) in [4.78, 5) is 4.31. The molecule has 0 fully saturated rings. The van der Waals surface area contributed by atoms with E-state index in [9.17, 15) is 9.50 Å². The van der Waals surface area contributed by atoms with Crippen LogP contribution in [0.5, 0.6) is 5.75 Å². The number of fused-ring (bicyclic) bond motifs is 1. The van der Waals surface area contributed by atoms with Crippen LogP contribution < -0.4 is 5.32 Å². The van der Waals surface area contributed by atoms with E-state index in [-0.39, 0.29) is 12.3 Å². The Morgan fingerprint density at radius 2 is 2.00 bits per heavy atom. The Balaban J connectivity index is 1.92. The maximum atomic E-state index is 13.3. The average Bonchev–Trinajstić information content (AvgIpc) is 2.51. The van der Waals surface area contributed by atoms with Gasteiger partial charge >= 0.3 is 0 Å². The van der Waals surface area contributed by atoms with Gasteiger partial charge in [0.2, 0.25) is 0 Å². The highest BCUT2D eigenvalue weighted by Crippen LogP contribution is 2.29. The van der Waals surface area contributed by atoms with Gasteiger partial charge in [-0.25, -0.2) is 4.39 Å². The molecule has 3 aromatic rings. The molecule has 5 heteroatoms. The fourth-order valence-electron chi connectivity index (χ4n) is 2.17. The molecule has 0 radical (unpaired) electrons. The van der Waals surface area contributed by atoms with E-state index in [2.05, 4.69) is 10.3 Å². The smallest absolute Gasteiger partial charge is 0.165 e. The summed E-state index contributed by atoms with van der Waals surface area (Å²) in [6.07, 6.45) is 1.68. The molecule has 3 nitrogen and oxygen atoms in total. The van der Waals surface area contributed by atoms with E-state index in [1.807, 2.05) is 18.2 Å². The summed E-state index contributed by atoms with van der Waals surface area (Å²) in [7, 11) is 0. The van der Waals surface area contributed by atoms with Crippen LogP contribution in [0.15, 0.2) is 48.7 Å². The van der Waals surface area contributed by atoms with E-state index >= 15 is 0 Å². The predicted molar refractivity (Wildman–Crippen MR) is 82.1 cm³/mol. The number of benzene rings is 2. The third-order valence-electron chi connectivity index (χ3n) is 3.26. The van der Waals surface area contributed by atoms with Crippen molar-refractivity contribution in [2.45, 2.75) is 6.54 Å². The third kappa shape index (κ3) is 2.62. The van der Waals surface area contributed by atoms with E-state index < -0.39 is 5.82 Å².